The number of piperidine rings is 1. The van der Waals surface area contributed by atoms with Crippen LogP contribution in [0.5, 0.6) is 0 Å². The zero-order valence-electron chi connectivity index (χ0n) is 16.6. The lowest BCUT2D eigenvalue weighted by Crippen LogP contribution is -2.38. The molecule has 1 N–H and O–H groups in total. The van der Waals surface area contributed by atoms with E-state index < -0.39 is 0 Å². The van der Waals surface area contributed by atoms with Gasteiger partial charge < -0.3 is 10.2 Å². The number of hydrogen-bond acceptors (Lipinski definition) is 5. The summed E-state index contributed by atoms with van der Waals surface area (Å²) in [6.45, 7) is 1.24. The number of nitriles is 1. The highest BCUT2D eigenvalue weighted by atomic mass is 32.2. The maximum atomic E-state index is 13.9. The summed E-state index contributed by atoms with van der Waals surface area (Å²) in [5, 5.41) is 13.2. The number of carbonyl (C=O) groups excluding carboxylic acids is 1. The Hall–Kier alpha value is -3.11. The molecule has 0 atom stereocenters. The molecule has 1 aliphatic heterocycles. The van der Waals surface area contributed by atoms with Gasteiger partial charge in [0.1, 0.15) is 11.9 Å². The largest absolute Gasteiger partial charge is 0.370 e. The molecule has 30 heavy (non-hydrogen) atoms. The average molecular weight is 421 g/mol. The molecule has 1 aliphatic rings. The Morgan fingerprint density at radius 3 is 2.80 bits per heavy atom. The Balaban J connectivity index is 1.50. The van der Waals surface area contributed by atoms with E-state index in [9.17, 15) is 14.4 Å². The third-order valence-electron chi connectivity index (χ3n) is 5.44. The van der Waals surface area contributed by atoms with Gasteiger partial charge in [0.2, 0.25) is 5.91 Å². The number of carbonyl (C=O) groups is 1. The fourth-order valence-electron chi connectivity index (χ4n) is 3.88. The first kappa shape index (κ1) is 20.2. The minimum atomic E-state index is -0.359. The Labute approximate surface area is 178 Å². The lowest BCUT2D eigenvalue weighted by Gasteiger charge is -2.34. The number of aromatic nitrogens is 1. The third-order valence-corrected chi connectivity index (χ3v) is 6.17. The molecule has 0 bridgehead atoms. The van der Waals surface area contributed by atoms with Crippen LogP contribution in [0.4, 0.5) is 15.8 Å². The van der Waals surface area contributed by atoms with Crippen molar-refractivity contribution in [2.24, 2.45) is 5.92 Å². The molecule has 152 valence electrons. The van der Waals surface area contributed by atoms with Crippen molar-refractivity contribution in [2.45, 2.75) is 17.7 Å². The average Bonchev–Trinajstić information content (AvgIpc) is 2.78. The van der Waals surface area contributed by atoms with Crippen molar-refractivity contribution in [2.75, 3.05) is 29.6 Å². The highest BCUT2D eigenvalue weighted by Crippen LogP contribution is 2.33. The van der Waals surface area contributed by atoms with Crippen molar-refractivity contribution in [3.8, 4) is 6.07 Å². The molecule has 2 aromatic carbocycles. The first-order chi connectivity index (χ1) is 14.6. The highest BCUT2D eigenvalue weighted by Gasteiger charge is 2.27. The molecule has 7 heteroatoms. The fraction of sp³-hybridized carbons (Fsp3) is 0.261. The molecular weight excluding hydrogens is 399 g/mol. The van der Waals surface area contributed by atoms with Crippen LogP contribution < -0.4 is 10.2 Å². The Kier molecular flexibility index (Phi) is 5.86. The summed E-state index contributed by atoms with van der Waals surface area (Å²) in [6.07, 6.45) is 4.87. The lowest BCUT2D eigenvalue weighted by molar-refractivity contribution is -0.120. The molecule has 1 aromatic heterocycles. The number of hydrogen-bond donors (Lipinski definition) is 1. The molecule has 3 aromatic rings. The van der Waals surface area contributed by atoms with Crippen molar-refractivity contribution in [3.63, 3.8) is 0 Å². The molecule has 2 heterocycles. The van der Waals surface area contributed by atoms with Crippen LogP contribution in [0.1, 0.15) is 18.4 Å². The number of halogens is 1. The van der Waals surface area contributed by atoms with Crippen molar-refractivity contribution in [1.29, 1.82) is 5.26 Å². The molecule has 5 nitrogen and oxygen atoms in total. The van der Waals surface area contributed by atoms with Gasteiger partial charge in [-0.15, -0.1) is 11.8 Å². The smallest absolute Gasteiger partial charge is 0.227 e. The Bertz CT molecular complexity index is 1140. The molecule has 1 saturated heterocycles. The number of benzene rings is 2. The minimum Gasteiger partial charge on any atom is -0.370 e. The van der Waals surface area contributed by atoms with Crippen molar-refractivity contribution < 1.29 is 9.18 Å². The van der Waals surface area contributed by atoms with Crippen LogP contribution >= 0.6 is 11.8 Å². The monoisotopic (exact) mass is 420 g/mol. The second-order valence-electron chi connectivity index (χ2n) is 7.28. The number of nitrogens with one attached hydrogen (secondary N) is 1. The standard InChI is InChI=1S/C23H21FN4OS/c1-30-19-4-2-3-18(12-19)27-23(29)15-7-9-28(10-8-15)22-16(13-25)14-26-21-6-5-17(24)11-20(21)22/h2-6,11-12,14-15H,7-10H2,1H3,(H,27,29). The van der Waals surface area contributed by atoms with Gasteiger partial charge in [0.25, 0.3) is 0 Å². The van der Waals surface area contributed by atoms with Crippen LogP contribution in [0.25, 0.3) is 10.9 Å². The van der Waals surface area contributed by atoms with Gasteiger partial charge in [0, 0.05) is 41.2 Å². The molecule has 1 fully saturated rings. The first-order valence-corrected chi connectivity index (χ1v) is 11.0. The zero-order chi connectivity index (χ0) is 21.1. The fourth-order valence-corrected chi connectivity index (χ4v) is 4.34. The van der Waals surface area contributed by atoms with Crippen LogP contribution in [-0.4, -0.2) is 30.2 Å². The van der Waals surface area contributed by atoms with Gasteiger partial charge >= 0.3 is 0 Å². The highest BCUT2D eigenvalue weighted by molar-refractivity contribution is 7.98. The van der Waals surface area contributed by atoms with Crippen LogP contribution in [-0.2, 0) is 4.79 Å². The van der Waals surface area contributed by atoms with Crippen molar-refractivity contribution >= 4 is 39.9 Å². The van der Waals surface area contributed by atoms with Gasteiger partial charge in [0.05, 0.1) is 16.8 Å². The van der Waals surface area contributed by atoms with Gasteiger partial charge in [-0.2, -0.15) is 5.26 Å². The molecule has 0 radical (unpaired) electrons. The van der Waals surface area contributed by atoms with E-state index in [0.29, 0.717) is 48.1 Å². The number of fused-ring (bicyclic) bond motifs is 1. The van der Waals surface area contributed by atoms with E-state index >= 15 is 0 Å². The second kappa shape index (κ2) is 8.72. The molecule has 4 rings (SSSR count). The molecule has 1 amide bonds. The number of thioether (sulfide) groups is 1. The Morgan fingerprint density at radius 2 is 2.07 bits per heavy atom. The molecule has 0 spiro atoms. The number of pyridine rings is 1. The summed E-state index contributed by atoms with van der Waals surface area (Å²) in [7, 11) is 0. The summed E-state index contributed by atoms with van der Waals surface area (Å²) in [4.78, 5) is 20.2. The summed E-state index contributed by atoms with van der Waals surface area (Å²) >= 11 is 1.63. The van der Waals surface area contributed by atoms with Gasteiger partial charge in [-0.25, -0.2) is 4.39 Å². The van der Waals surface area contributed by atoms with Gasteiger partial charge in [0.15, 0.2) is 0 Å². The molecule has 0 aliphatic carbocycles. The van der Waals surface area contributed by atoms with Crippen molar-refractivity contribution in [1.82, 2.24) is 4.98 Å². The van der Waals surface area contributed by atoms with Gasteiger partial charge in [-0.3, -0.25) is 9.78 Å². The SMILES string of the molecule is CSc1cccc(NC(=O)C2CCN(c3c(C#N)cnc4ccc(F)cc34)CC2)c1. The first-order valence-electron chi connectivity index (χ1n) is 9.77. The maximum absolute atomic E-state index is 13.9. The van der Waals surface area contributed by atoms with E-state index in [-0.39, 0.29) is 17.6 Å². The predicted octanol–water partition coefficient (Wildman–Crippen LogP) is 4.82. The summed E-state index contributed by atoms with van der Waals surface area (Å²) in [5.41, 5.74) is 2.58. The van der Waals surface area contributed by atoms with Crippen LogP contribution in [0.3, 0.4) is 0 Å². The number of amides is 1. The van der Waals surface area contributed by atoms with Crippen LogP contribution in [0.15, 0.2) is 53.6 Å². The van der Waals surface area contributed by atoms with Crippen molar-refractivity contribution in [3.05, 3.63) is 60.0 Å². The third kappa shape index (κ3) is 4.10. The van der Waals surface area contributed by atoms with E-state index in [1.807, 2.05) is 30.5 Å². The number of rotatable bonds is 4. The van der Waals surface area contributed by atoms with E-state index in [1.165, 1.54) is 18.3 Å². The topological polar surface area (TPSA) is 69.0 Å². The minimum absolute atomic E-state index is 0.0130. The zero-order valence-corrected chi connectivity index (χ0v) is 17.4. The number of nitrogens with zero attached hydrogens (tertiary/aromatic N) is 3. The molecule has 0 saturated carbocycles. The van der Waals surface area contributed by atoms with E-state index in [4.69, 9.17) is 0 Å². The quantitative estimate of drug-likeness (QED) is 0.613. The lowest BCUT2D eigenvalue weighted by atomic mass is 9.94. The maximum Gasteiger partial charge on any atom is 0.227 e. The summed E-state index contributed by atoms with van der Waals surface area (Å²) in [5.74, 6) is -0.448. The summed E-state index contributed by atoms with van der Waals surface area (Å²) < 4.78 is 13.9. The Morgan fingerprint density at radius 1 is 1.27 bits per heavy atom. The van der Waals surface area contributed by atoms with Crippen LogP contribution in [0, 0.1) is 23.1 Å². The number of anilines is 2. The molecular formula is C23H21FN4OS. The van der Waals surface area contributed by atoms with Gasteiger partial charge in [-0.05, 0) is 55.5 Å². The predicted molar refractivity (Wildman–Crippen MR) is 118 cm³/mol. The summed E-state index contributed by atoms with van der Waals surface area (Å²) in [6, 6.07) is 14.4. The van der Waals surface area contributed by atoms with Crippen LogP contribution in [0.2, 0.25) is 0 Å². The molecule has 0 unspecified atom stereocenters. The second-order valence-corrected chi connectivity index (χ2v) is 8.16. The van der Waals surface area contributed by atoms with E-state index in [0.717, 1.165) is 10.6 Å². The van der Waals surface area contributed by atoms with E-state index in [1.54, 1.807) is 17.8 Å². The normalized spacial score (nSPS) is 14.5. The van der Waals surface area contributed by atoms with E-state index in [2.05, 4.69) is 21.3 Å². The van der Waals surface area contributed by atoms with Gasteiger partial charge in [-0.1, -0.05) is 6.07 Å².